The molecule has 0 unspecified atom stereocenters. The van der Waals surface area contributed by atoms with Crippen LogP contribution in [0.5, 0.6) is 0 Å². The number of nitrogens with one attached hydrogen (secondary N) is 2. The van der Waals surface area contributed by atoms with Gasteiger partial charge in [0.15, 0.2) is 0 Å². The highest BCUT2D eigenvalue weighted by atomic mass is 35.5. The van der Waals surface area contributed by atoms with Gasteiger partial charge in [0, 0.05) is 57.8 Å². The normalized spacial score (nSPS) is 19.9. The number of piperidine rings is 2. The fourth-order valence-electron chi connectivity index (χ4n) is 7.35. The molecule has 3 aliphatic rings. The van der Waals surface area contributed by atoms with E-state index in [1.54, 1.807) is 14.4 Å². The highest BCUT2D eigenvalue weighted by molar-refractivity contribution is 6.33. The molecule has 0 saturated carbocycles. The maximum Gasteiger partial charge on any atom is 0.418 e. The van der Waals surface area contributed by atoms with Crippen molar-refractivity contribution in [3.63, 3.8) is 0 Å². The summed E-state index contributed by atoms with van der Waals surface area (Å²) in [5, 5.41) is 2.58. The molecule has 3 aliphatic heterocycles. The largest absolute Gasteiger partial charge is 0.418 e. The van der Waals surface area contributed by atoms with Crippen LogP contribution >= 0.6 is 11.6 Å². The molecule has 3 aromatic rings. The molecule has 260 valence electrons. The van der Waals surface area contributed by atoms with E-state index in [0.29, 0.717) is 58.2 Å². The number of imidazole rings is 1. The number of aromatic amines is 1. The molecule has 0 bridgehead atoms. The number of hydrogen-bond donors (Lipinski definition) is 3. The predicted octanol–water partition coefficient (Wildman–Crippen LogP) is 3.78. The highest BCUT2D eigenvalue weighted by Gasteiger charge is 2.37. The van der Waals surface area contributed by atoms with Gasteiger partial charge in [-0.3, -0.25) is 14.3 Å². The summed E-state index contributed by atoms with van der Waals surface area (Å²) in [5.74, 6) is -0.354. The Balaban J connectivity index is 1.16. The average molecular weight is 691 g/mol. The number of amides is 3. The third-order valence-corrected chi connectivity index (χ3v) is 10.4. The SMILES string of the molecule is CN1CCC(N2CCN(C(=O)[C@@H](Cc3cc(Cl)c(N)c(C(F)(F)F)c3)NC(=O)N3CCC(n4c(=O)[nH]c5ccccc54)CC3)CC2)CC1. The van der Waals surface area contributed by atoms with Crippen molar-refractivity contribution in [2.24, 2.45) is 0 Å². The van der Waals surface area contributed by atoms with Gasteiger partial charge >= 0.3 is 17.9 Å². The number of piperazine rings is 1. The van der Waals surface area contributed by atoms with E-state index in [9.17, 15) is 27.6 Å². The van der Waals surface area contributed by atoms with E-state index in [4.69, 9.17) is 17.3 Å². The summed E-state index contributed by atoms with van der Waals surface area (Å²) in [4.78, 5) is 51.2. The topological polar surface area (TPSA) is 123 Å². The summed E-state index contributed by atoms with van der Waals surface area (Å²) in [6.45, 7) is 5.02. The number of anilines is 1. The highest BCUT2D eigenvalue weighted by Crippen LogP contribution is 2.38. The number of carbonyl (C=O) groups is 2. The Morgan fingerprint density at radius 2 is 1.60 bits per heavy atom. The number of hydrogen-bond acceptors (Lipinski definition) is 6. The number of benzene rings is 2. The van der Waals surface area contributed by atoms with Crippen molar-refractivity contribution in [3.05, 3.63) is 63.0 Å². The lowest BCUT2D eigenvalue weighted by atomic mass is 10.00. The van der Waals surface area contributed by atoms with Crippen LogP contribution in [0.2, 0.25) is 5.02 Å². The van der Waals surface area contributed by atoms with Crippen molar-refractivity contribution in [1.29, 1.82) is 0 Å². The number of rotatable bonds is 6. The lowest BCUT2D eigenvalue weighted by molar-refractivity contribution is -0.137. The van der Waals surface area contributed by atoms with E-state index in [1.807, 2.05) is 24.3 Å². The third kappa shape index (κ3) is 7.30. The van der Waals surface area contributed by atoms with Crippen molar-refractivity contribution in [3.8, 4) is 0 Å². The first-order chi connectivity index (χ1) is 22.9. The molecule has 4 heterocycles. The zero-order valence-corrected chi connectivity index (χ0v) is 27.7. The van der Waals surface area contributed by atoms with Gasteiger partial charge in [0.25, 0.3) is 0 Å². The van der Waals surface area contributed by atoms with Crippen LogP contribution in [0.15, 0.2) is 41.2 Å². The number of para-hydroxylation sites is 2. The first-order valence-corrected chi connectivity index (χ1v) is 16.9. The number of aromatic nitrogens is 2. The third-order valence-electron chi connectivity index (χ3n) is 10.1. The van der Waals surface area contributed by atoms with Crippen LogP contribution in [0.1, 0.15) is 42.9 Å². The number of nitrogen functional groups attached to an aromatic ring is 1. The Hall–Kier alpha value is -3.75. The van der Waals surface area contributed by atoms with Gasteiger partial charge in [-0.2, -0.15) is 13.2 Å². The molecule has 48 heavy (non-hydrogen) atoms. The molecule has 0 radical (unpaired) electrons. The summed E-state index contributed by atoms with van der Waals surface area (Å²) >= 11 is 6.12. The molecule has 3 fully saturated rings. The van der Waals surface area contributed by atoms with Gasteiger partial charge in [-0.15, -0.1) is 0 Å². The molecule has 2 aromatic carbocycles. The molecule has 11 nitrogen and oxygen atoms in total. The molecule has 3 amide bonds. The first kappa shape index (κ1) is 34.1. The quantitative estimate of drug-likeness (QED) is 0.339. The summed E-state index contributed by atoms with van der Waals surface area (Å²) in [7, 11) is 2.11. The van der Waals surface area contributed by atoms with Crippen LogP contribution in [-0.2, 0) is 17.4 Å². The maximum atomic E-state index is 14.0. The standard InChI is InChI=1S/C33H42ClF3N8O3/c1-41-10-6-22(7-11-41)42-14-16-43(17-15-42)30(46)27(20-21-18-24(33(35,36)37)29(38)25(34)19-21)40-31(47)44-12-8-23(9-13-44)45-28-5-3-2-4-26(28)39-32(45)48/h2-5,18-19,22-23,27H,6-17,20,38H2,1H3,(H,39,48)(H,40,47)/t27-/m1/s1. The summed E-state index contributed by atoms with van der Waals surface area (Å²) in [5.41, 5.74) is 5.47. The van der Waals surface area contributed by atoms with Crippen molar-refractivity contribution in [2.45, 2.75) is 56.4 Å². The van der Waals surface area contributed by atoms with Crippen LogP contribution in [0.25, 0.3) is 11.0 Å². The fourth-order valence-corrected chi connectivity index (χ4v) is 7.60. The number of halogens is 4. The zero-order valence-electron chi connectivity index (χ0n) is 26.9. The number of urea groups is 1. The number of alkyl halides is 3. The molecule has 6 rings (SSSR count). The van der Waals surface area contributed by atoms with Crippen molar-refractivity contribution in [1.82, 2.24) is 34.5 Å². The Kier molecular flexibility index (Phi) is 9.96. The van der Waals surface area contributed by atoms with E-state index >= 15 is 0 Å². The van der Waals surface area contributed by atoms with Gasteiger partial charge < -0.3 is 30.7 Å². The van der Waals surface area contributed by atoms with E-state index in [0.717, 1.165) is 43.0 Å². The van der Waals surface area contributed by atoms with Gasteiger partial charge in [-0.1, -0.05) is 23.7 Å². The monoisotopic (exact) mass is 690 g/mol. The van der Waals surface area contributed by atoms with Gasteiger partial charge in [-0.05, 0) is 75.6 Å². The van der Waals surface area contributed by atoms with Crippen LogP contribution in [-0.4, -0.2) is 113 Å². The molecule has 0 spiro atoms. The Morgan fingerprint density at radius 1 is 0.958 bits per heavy atom. The number of nitrogens with zero attached hydrogens (tertiary/aromatic N) is 5. The van der Waals surface area contributed by atoms with Crippen molar-refractivity contribution < 1.29 is 22.8 Å². The smallest absolute Gasteiger partial charge is 0.397 e. The Labute approximate surface area is 281 Å². The number of nitrogens with two attached hydrogens (primary N) is 1. The maximum absolute atomic E-state index is 14.0. The second kappa shape index (κ2) is 14.0. The number of fused-ring (bicyclic) bond motifs is 1. The second-order valence-electron chi connectivity index (χ2n) is 13.2. The predicted molar refractivity (Wildman–Crippen MR) is 178 cm³/mol. The van der Waals surface area contributed by atoms with Crippen LogP contribution in [0, 0.1) is 0 Å². The lowest BCUT2D eigenvalue weighted by Crippen LogP contribution is -2.59. The number of likely N-dealkylation sites (tertiary alicyclic amines) is 2. The van der Waals surface area contributed by atoms with Gasteiger partial charge in [0.2, 0.25) is 5.91 Å². The summed E-state index contributed by atoms with van der Waals surface area (Å²) in [6.07, 6.45) is -1.76. The number of H-pyrrole nitrogens is 1. The van der Waals surface area contributed by atoms with Crippen LogP contribution in [0.4, 0.5) is 23.7 Å². The lowest BCUT2D eigenvalue weighted by Gasteiger charge is -2.43. The Morgan fingerprint density at radius 3 is 2.27 bits per heavy atom. The van der Waals surface area contributed by atoms with Crippen LogP contribution < -0.4 is 16.7 Å². The van der Waals surface area contributed by atoms with Crippen LogP contribution in [0.3, 0.4) is 0 Å². The minimum atomic E-state index is -4.74. The minimum Gasteiger partial charge on any atom is -0.397 e. The summed E-state index contributed by atoms with van der Waals surface area (Å²) < 4.78 is 43.1. The van der Waals surface area contributed by atoms with E-state index in [2.05, 4.69) is 27.1 Å². The van der Waals surface area contributed by atoms with E-state index in [1.165, 1.54) is 6.07 Å². The van der Waals surface area contributed by atoms with Crippen molar-refractivity contribution in [2.75, 3.05) is 65.1 Å². The average Bonchev–Trinajstić information content (AvgIpc) is 3.41. The molecule has 4 N–H and O–H groups in total. The summed E-state index contributed by atoms with van der Waals surface area (Å²) in [6, 6.07) is 8.39. The molecule has 3 saturated heterocycles. The van der Waals surface area contributed by atoms with Gasteiger partial charge in [0.1, 0.15) is 6.04 Å². The molecule has 0 aliphatic carbocycles. The van der Waals surface area contributed by atoms with E-state index in [-0.39, 0.29) is 34.6 Å². The van der Waals surface area contributed by atoms with Crippen molar-refractivity contribution >= 4 is 40.3 Å². The number of carbonyl (C=O) groups excluding carboxylic acids is 2. The molecular formula is C33H42ClF3N8O3. The zero-order chi connectivity index (χ0) is 34.2. The Bertz CT molecular complexity index is 1690. The fraction of sp³-hybridized carbons (Fsp3) is 0.545. The van der Waals surface area contributed by atoms with Gasteiger partial charge in [-0.25, -0.2) is 9.59 Å². The second-order valence-corrected chi connectivity index (χ2v) is 13.6. The van der Waals surface area contributed by atoms with E-state index < -0.39 is 29.5 Å². The van der Waals surface area contributed by atoms with Gasteiger partial charge in [0.05, 0.1) is 27.3 Å². The first-order valence-electron chi connectivity index (χ1n) is 16.5. The molecule has 1 aromatic heterocycles. The molecule has 15 heteroatoms. The molecular weight excluding hydrogens is 649 g/mol. The molecule has 1 atom stereocenters. The minimum absolute atomic E-state index is 0.117.